The van der Waals surface area contributed by atoms with E-state index in [4.69, 9.17) is 23.2 Å². The van der Waals surface area contributed by atoms with Gasteiger partial charge in [-0.3, -0.25) is 4.99 Å². The topological polar surface area (TPSA) is 52.6 Å². The Morgan fingerprint density at radius 2 is 1.80 bits per heavy atom. The summed E-state index contributed by atoms with van der Waals surface area (Å²) in [4.78, 5) is 10.6. The predicted octanol–water partition coefficient (Wildman–Crippen LogP) is 3.94. The van der Waals surface area contributed by atoms with Crippen molar-refractivity contribution in [3.8, 4) is 0 Å². The molecule has 0 bridgehead atoms. The average Bonchev–Trinajstić information content (AvgIpc) is 2.56. The molecule has 0 unspecified atom stereocenters. The summed E-state index contributed by atoms with van der Waals surface area (Å²) < 4.78 is 0. The third-order valence-electron chi connectivity index (χ3n) is 3.42. The van der Waals surface area contributed by atoms with Gasteiger partial charge in [-0.1, -0.05) is 35.3 Å². The molecule has 5 nitrogen and oxygen atoms in total. The minimum Gasteiger partial charge on any atom is -0.362 e. The third-order valence-corrected chi connectivity index (χ3v) is 4.01. The fraction of sp³-hybridized carbons (Fsp3) is 0.294. The van der Waals surface area contributed by atoms with Crippen LogP contribution in [0.1, 0.15) is 11.1 Å². The molecular weight excluding hydrogens is 472 g/mol. The monoisotopic (exact) mass is 493 g/mol. The van der Waals surface area contributed by atoms with Crippen LogP contribution in [0.5, 0.6) is 0 Å². The average molecular weight is 494 g/mol. The summed E-state index contributed by atoms with van der Waals surface area (Å²) >= 11 is 12.1. The van der Waals surface area contributed by atoms with Crippen LogP contribution in [0.3, 0.4) is 0 Å². The smallest absolute Gasteiger partial charge is 0.191 e. The Morgan fingerprint density at radius 1 is 1.12 bits per heavy atom. The molecule has 8 heteroatoms. The molecule has 2 N–H and O–H groups in total. The lowest BCUT2D eigenvalue weighted by molar-refractivity contribution is 0.804. The second-order valence-electron chi connectivity index (χ2n) is 5.40. The highest BCUT2D eigenvalue weighted by Gasteiger charge is 2.07. The Labute approximate surface area is 175 Å². The molecule has 0 atom stereocenters. The van der Waals surface area contributed by atoms with Crippen LogP contribution in [-0.2, 0) is 13.1 Å². The number of halogens is 3. The zero-order valence-corrected chi connectivity index (χ0v) is 18.2. The number of guanidine groups is 1. The molecule has 2 aromatic rings. The molecule has 0 aliphatic carbocycles. The molecule has 0 aliphatic heterocycles. The largest absolute Gasteiger partial charge is 0.362 e. The van der Waals surface area contributed by atoms with Crippen LogP contribution < -0.4 is 15.5 Å². The van der Waals surface area contributed by atoms with Crippen LogP contribution in [0, 0.1) is 0 Å². The Hall–Kier alpha value is -1.25. The van der Waals surface area contributed by atoms with Crippen molar-refractivity contribution in [2.24, 2.45) is 4.99 Å². The van der Waals surface area contributed by atoms with E-state index in [1.165, 1.54) is 0 Å². The summed E-state index contributed by atoms with van der Waals surface area (Å²) in [6.07, 6.45) is 1.79. The van der Waals surface area contributed by atoms with Gasteiger partial charge < -0.3 is 15.5 Å². The van der Waals surface area contributed by atoms with E-state index in [0.717, 1.165) is 16.9 Å². The van der Waals surface area contributed by atoms with Gasteiger partial charge in [0.05, 0.1) is 0 Å². The minimum atomic E-state index is 0. The van der Waals surface area contributed by atoms with Crippen molar-refractivity contribution < 1.29 is 0 Å². The van der Waals surface area contributed by atoms with Crippen LogP contribution in [0.15, 0.2) is 41.5 Å². The van der Waals surface area contributed by atoms with Gasteiger partial charge in [0, 0.05) is 56.0 Å². The van der Waals surface area contributed by atoms with Gasteiger partial charge in [0.15, 0.2) is 5.96 Å². The van der Waals surface area contributed by atoms with Crippen molar-refractivity contribution in [3.05, 3.63) is 57.7 Å². The van der Waals surface area contributed by atoms with Gasteiger partial charge in [0.2, 0.25) is 0 Å². The molecule has 0 amide bonds. The first kappa shape index (κ1) is 21.8. The number of hydrogen-bond donors (Lipinski definition) is 2. The van der Waals surface area contributed by atoms with Crippen LogP contribution >= 0.6 is 47.2 Å². The van der Waals surface area contributed by atoms with E-state index >= 15 is 0 Å². The number of anilines is 1. The number of aromatic nitrogens is 1. The first-order valence-electron chi connectivity index (χ1n) is 7.51. The maximum Gasteiger partial charge on any atom is 0.191 e. The summed E-state index contributed by atoms with van der Waals surface area (Å²) in [5.41, 5.74) is 2.05. The van der Waals surface area contributed by atoms with Crippen molar-refractivity contribution in [3.63, 3.8) is 0 Å². The summed E-state index contributed by atoms with van der Waals surface area (Å²) in [6.45, 7) is 1.18. The van der Waals surface area contributed by atoms with Crippen molar-refractivity contribution in [2.75, 3.05) is 26.0 Å². The van der Waals surface area contributed by atoms with Gasteiger partial charge in [0.1, 0.15) is 5.82 Å². The molecule has 1 heterocycles. The highest BCUT2D eigenvalue weighted by atomic mass is 127. The van der Waals surface area contributed by atoms with E-state index in [1.54, 1.807) is 19.3 Å². The van der Waals surface area contributed by atoms with E-state index < -0.39 is 0 Å². The summed E-state index contributed by atoms with van der Waals surface area (Å²) in [5, 5.41) is 7.78. The van der Waals surface area contributed by atoms with Gasteiger partial charge in [0.25, 0.3) is 0 Å². The molecule has 2 rings (SSSR count). The van der Waals surface area contributed by atoms with Gasteiger partial charge in [-0.15, -0.1) is 24.0 Å². The Kier molecular flexibility index (Phi) is 9.31. The first-order valence-corrected chi connectivity index (χ1v) is 8.26. The standard InChI is InChI=1S/C17H21Cl2N5.HI/c1-20-17(22-10-12-6-7-14(18)9-15(12)19)23-11-13-5-4-8-21-16(13)24(2)3;/h4-9H,10-11H2,1-3H3,(H2,20,22,23);1H. The number of nitrogens with zero attached hydrogens (tertiary/aromatic N) is 3. The van der Waals surface area contributed by atoms with E-state index in [2.05, 4.69) is 20.6 Å². The molecule has 0 saturated carbocycles. The molecular formula is C17H22Cl2IN5. The van der Waals surface area contributed by atoms with Gasteiger partial charge >= 0.3 is 0 Å². The van der Waals surface area contributed by atoms with Crippen LogP contribution in [-0.4, -0.2) is 32.1 Å². The number of hydrogen-bond acceptors (Lipinski definition) is 3. The molecule has 1 aromatic heterocycles. The Morgan fingerprint density at radius 3 is 2.40 bits per heavy atom. The maximum absolute atomic E-state index is 6.19. The molecule has 0 fully saturated rings. The number of aliphatic imine (C=N–C) groups is 1. The van der Waals surface area contributed by atoms with E-state index in [0.29, 0.717) is 29.1 Å². The lowest BCUT2D eigenvalue weighted by atomic mass is 10.2. The fourth-order valence-corrected chi connectivity index (χ4v) is 2.69. The zero-order chi connectivity index (χ0) is 17.5. The van der Waals surface area contributed by atoms with E-state index in [9.17, 15) is 0 Å². The second-order valence-corrected chi connectivity index (χ2v) is 6.24. The zero-order valence-electron chi connectivity index (χ0n) is 14.4. The number of nitrogens with one attached hydrogen (secondary N) is 2. The van der Waals surface area contributed by atoms with Crippen molar-refractivity contribution in [2.45, 2.75) is 13.1 Å². The van der Waals surface area contributed by atoms with Gasteiger partial charge in [-0.05, 0) is 23.8 Å². The lowest BCUT2D eigenvalue weighted by Crippen LogP contribution is -2.36. The summed E-state index contributed by atoms with van der Waals surface area (Å²) in [6, 6.07) is 9.41. The molecule has 25 heavy (non-hydrogen) atoms. The molecule has 0 saturated heterocycles. The van der Waals surface area contributed by atoms with Crippen LogP contribution in [0.4, 0.5) is 5.82 Å². The molecule has 136 valence electrons. The predicted molar refractivity (Wildman–Crippen MR) is 117 cm³/mol. The van der Waals surface area contributed by atoms with Crippen LogP contribution in [0.25, 0.3) is 0 Å². The Bertz CT molecular complexity index is 722. The van der Waals surface area contributed by atoms with Crippen molar-refractivity contribution >= 4 is 59.0 Å². The summed E-state index contributed by atoms with van der Waals surface area (Å²) in [7, 11) is 5.68. The number of benzene rings is 1. The summed E-state index contributed by atoms with van der Waals surface area (Å²) in [5.74, 6) is 1.62. The minimum absolute atomic E-state index is 0. The number of rotatable bonds is 5. The van der Waals surface area contributed by atoms with E-state index in [-0.39, 0.29) is 24.0 Å². The highest BCUT2D eigenvalue weighted by Crippen LogP contribution is 2.20. The van der Waals surface area contributed by atoms with Crippen LogP contribution in [0.2, 0.25) is 10.0 Å². The fourth-order valence-electron chi connectivity index (χ4n) is 2.21. The van der Waals surface area contributed by atoms with Gasteiger partial charge in [-0.2, -0.15) is 0 Å². The highest BCUT2D eigenvalue weighted by molar-refractivity contribution is 14.0. The quantitative estimate of drug-likeness (QED) is 0.376. The van der Waals surface area contributed by atoms with Crippen molar-refractivity contribution in [1.29, 1.82) is 0 Å². The number of pyridine rings is 1. The van der Waals surface area contributed by atoms with Gasteiger partial charge in [-0.25, -0.2) is 4.98 Å². The SMILES string of the molecule is CN=C(NCc1ccc(Cl)cc1Cl)NCc1cccnc1N(C)C.I. The molecule has 0 radical (unpaired) electrons. The molecule has 0 spiro atoms. The molecule has 0 aliphatic rings. The Balaban J connectivity index is 0.00000312. The van der Waals surface area contributed by atoms with E-state index in [1.807, 2.05) is 43.3 Å². The third kappa shape index (κ3) is 6.52. The lowest BCUT2D eigenvalue weighted by Gasteiger charge is -2.17. The molecule has 1 aromatic carbocycles. The maximum atomic E-state index is 6.19. The van der Waals surface area contributed by atoms with Crippen molar-refractivity contribution in [1.82, 2.24) is 15.6 Å². The normalized spacial score (nSPS) is 10.8. The first-order chi connectivity index (χ1) is 11.5. The second kappa shape index (κ2) is 10.7.